The molecule has 1 rings (SSSR count). The lowest BCUT2D eigenvalue weighted by Gasteiger charge is -2.21. The standard InChI is InChI=1S/C15H31O2PS2/c16-18(19,20)17-14-10-5-3-1-2-4-7-11-15-12-8-6-9-13-15/h15H,1-14H2,(H2,16,19,20). The molecule has 5 heteroatoms. The second-order valence-corrected chi connectivity index (χ2v) is 11.3. The van der Waals surface area contributed by atoms with Crippen LogP contribution in [0.4, 0.5) is 0 Å². The van der Waals surface area contributed by atoms with Crippen molar-refractivity contribution >= 4 is 29.7 Å². The molecule has 1 saturated carbocycles. The van der Waals surface area contributed by atoms with Gasteiger partial charge in [-0.1, -0.05) is 89.3 Å². The summed E-state index contributed by atoms with van der Waals surface area (Å²) >= 11 is 8.54. The topological polar surface area (TPSA) is 29.5 Å². The van der Waals surface area contributed by atoms with Crippen LogP contribution in [0.2, 0.25) is 0 Å². The lowest BCUT2D eigenvalue weighted by atomic mass is 9.85. The van der Waals surface area contributed by atoms with Crippen molar-refractivity contribution in [3.8, 4) is 0 Å². The Balaban J connectivity index is 1.77. The lowest BCUT2D eigenvalue weighted by Crippen LogP contribution is -2.05. The van der Waals surface area contributed by atoms with Crippen molar-refractivity contribution in [1.29, 1.82) is 0 Å². The van der Waals surface area contributed by atoms with E-state index < -0.39 is 5.69 Å². The molecular formula is C15H31O2PS2. The molecule has 0 bridgehead atoms. The number of hydrogen-bond donors (Lipinski definition) is 2. The smallest absolute Gasteiger partial charge is 0.241 e. The SMILES string of the molecule is OP(=S)(S)OCCCCCCCCCC1CCCCC1. The van der Waals surface area contributed by atoms with Gasteiger partial charge in [0.2, 0.25) is 5.69 Å². The van der Waals surface area contributed by atoms with Crippen molar-refractivity contribution in [2.24, 2.45) is 5.92 Å². The Hall–Kier alpha value is 0.920. The van der Waals surface area contributed by atoms with Gasteiger partial charge in [-0.15, -0.1) is 0 Å². The van der Waals surface area contributed by atoms with Crippen LogP contribution in [-0.2, 0) is 16.3 Å². The summed E-state index contributed by atoms with van der Waals surface area (Å²) in [7, 11) is 0. The maximum absolute atomic E-state index is 9.19. The van der Waals surface area contributed by atoms with Crippen molar-refractivity contribution in [2.45, 2.75) is 83.5 Å². The first-order chi connectivity index (χ1) is 9.58. The maximum Gasteiger partial charge on any atom is 0.241 e. The minimum Gasteiger partial charge on any atom is -0.338 e. The molecule has 1 unspecified atom stereocenters. The second kappa shape index (κ2) is 11.5. The summed E-state index contributed by atoms with van der Waals surface area (Å²) < 4.78 is 5.09. The first-order valence-electron chi connectivity index (χ1n) is 8.28. The normalized spacial score (nSPS) is 19.9. The third-order valence-corrected chi connectivity index (χ3v) is 5.42. The fourth-order valence-electron chi connectivity index (χ4n) is 3.08. The average Bonchev–Trinajstić information content (AvgIpc) is 2.41. The Morgan fingerprint density at radius 3 is 2.10 bits per heavy atom. The van der Waals surface area contributed by atoms with Crippen LogP contribution < -0.4 is 0 Å². The van der Waals surface area contributed by atoms with Gasteiger partial charge in [0.1, 0.15) is 0 Å². The molecule has 20 heavy (non-hydrogen) atoms. The van der Waals surface area contributed by atoms with Gasteiger partial charge in [-0.05, 0) is 24.1 Å². The third kappa shape index (κ3) is 11.6. The Labute approximate surface area is 135 Å². The van der Waals surface area contributed by atoms with Gasteiger partial charge in [-0.3, -0.25) is 0 Å². The molecule has 1 atom stereocenters. The Morgan fingerprint density at radius 1 is 0.950 bits per heavy atom. The number of rotatable bonds is 11. The predicted octanol–water partition coefficient (Wildman–Crippen LogP) is 5.85. The van der Waals surface area contributed by atoms with Crippen molar-refractivity contribution in [2.75, 3.05) is 6.61 Å². The molecule has 1 fully saturated rings. The zero-order valence-electron chi connectivity index (χ0n) is 12.6. The average molecular weight is 339 g/mol. The molecule has 0 aromatic rings. The number of hydrogen-bond acceptors (Lipinski definition) is 2. The molecule has 120 valence electrons. The van der Waals surface area contributed by atoms with Gasteiger partial charge < -0.3 is 9.42 Å². The van der Waals surface area contributed by atoms with Crippen LogP contribution in [0.15, 0.2) is 0 Å². The molecule has 1 aliphatic rings. The van der Waals surface area contributed by atoms with Crippen LogP contribution in [0, 0.1) is 5.92 Å². The number of unbranched alkanes of at least 4 members (excludes halogenated alkanes) is 6. The summed E-state index contributed by atoms with van der Waals surface area (Å²) in [6, 6.07) is 0. The van der Waals surface area contributed by atoms with E-state index in [1.54, 1.807) is 0 Å². The minimum atomic E-state index is -2.72. The highest BCUT2D eigenvalue weighted by Gasteiger charge is 2.12. The van der Waals surface area contributed by atoms with Gasteiger partial charge in [-0.2, -0.15) is 0 Å². The zero-order chi connectivity index (χ0) is 14.7. The number of thiol groups is 1. The first kappa shape index (κ1) is 19.0. The van der Waals surface area contributed by atoms with Gasteiger partial charge >= 0.3 is 0 Å². The highest BCUT2D eigenvalue weighted by atomic mass is 32.9. The predicted molar refractivity (Wildman–Crippen MR) is 95.0 cm³/mol. The van der Waals surface area contributed by atoms with Gasteiger partial charge in [0.25, 0.3) is 0 Å². The quantitative estimate of drug-likeness (QED) is 0.281. The summed E-state index contributed by atoms with van der Waals surface area (Å²) in [6.07, 6.45) is 17.8. The molecule has 0 radical (unpaired) electrons. The van der Waals surface area contributed by atoms with E-state index >= 15 is 0 Å². The van der Waals surface area contributed by atoms with Crippen molar-refractivity contribution in [3.63, 3.8) is 0 Å². The minimum absolute atomic E-state index is 0.555. The highest BCUT2D eigenvalue weighted by Crippen LogP contribution is 2.47. The molecule has 2 nitrogen and oxygen atoms in total. The van der Waals surface area contributed by atoms with Crippen LogP contribution in [0.5, 0.6) is 0 Å². The third-order valence-electron chi connectivity index (χ3n) is 4.24. The largest absolute Gasteiger partial charge is 0.338 e. The molecule has 1 aliphatic carbocycles. The Bertz CT molecular complexity index is 275. The van der Waals surface area contributed by atoms with E-state index in [9.17, 15) is 4.89 Å². The lowest BCUT2D eigenvalue weighted by molar-refractivity contribution is 0.307. The molecule has 0 aromatic carbocycles. The molecule has 0 spiro atoms. The molecule has 0 aromatic heterocycles. The van der Waals surface area contributed by atoms with Crippen LogP contribution in [0.25, 0.3) is 0 Å². The second-order valence-electron chi connectivity index (χ2n) is 6.09. The van der Waals surface area contributed by atoms with Crippen LogP contribution in [0.1, 0.15) is 83.5 Å². The summed E-state index contributed by atoms with van der Waals surface area (Å²) in [6.45, 7) is 0.555. The summed E-state index contributed by atoms with van der Waals surface area (Å²) in [5.41, 5.74) is -2.72. The highest BCUT2D eigenvalue weighted by molar-refractivity contribution is 8.59. The Kier molecular flexibility index (Phi) is 10.9. The summed E-state index contributed by atoms with van der Waals surface area (Å²) in [4.78, 5) is 9.19. The first-order valence-corrected chi connectivity index (χ1v) is 12.1. The molecule has 1 N–H and O–H groups in total. The van der Waals surface area contributed by atoms with Crippen molar-refractivity contribution < 1.29 is 9.42 Å². The fourth-order valence-corrected chi connectivity index (χ4v) is 3.91. The van der Waals surface area contributed by atoms with E-state index in [4.69, 9.17) is 16.3 Å². The molecule has 0 saturated heterocycles. The van der Waals surface area contributed by atoms with Crippen LogP contribution in [-0.4, -0.2) is 11.5 Å². The van der Waals surface area contributed by atoms with E-state index in [-0.39, 0.29) is 0 Å². The van der Waals surface area contributed by atoms with E-state index in [1.807, 2.05) is 0 Å². The van der Waals surface area contributed by atoms with E-state index in [0.717, 1.165) is 12.3 Å². The van der Waals surface area contributed by atoms with Crippen LogP contribution >= 0.6 is 17.9 Å². The summed E-state index contributed by atoms with van der Waals surface area (Å²) in [5, 5.41) is 0. The van der Waals surface area contributed by atoms with Gasteiger partial charge in [0.05, 0.1) is 6.61 Å². The van der Waals surface area contributed by atoms with Gasteiger partial charge in [0, 0.05) is 0 Å². The van der Waals surface area contributed by atoms with Crippen LogP contribution in [0.3, 0.4) is 0 Å². The molecule has 0 heterocycles. The van der Waals surface area contributed by atoms with E-state index in [1.165, 1.54) is 77.0 Å². The maximum atomic E-state index is 9.19. The van der Waals surface area contributed by atoms with E-state index in [0.29, 0.717) is 6.61 Å². The van der Waals surface area contributed by atoms with Crippen molar-refractivity contribution in [1.82, 2.24) is 0 Å². The zero-order valence-corrected chi connectivity index (χ0v) is 15.2. The monoisotopic (exact) mass is 338 g/mol. The fraction of sp³-hybridized carbons (Fsp3) is 1.00. The van der Waals surface area contributed by atoms with Gasteiger partial charge in [0.15, 0.2) is 0 Å². The van der Waals surface area contributed by atoms with E-state index in [2.05, 4.69) is 12.2 Å². The van der Waals surface area contributed by atoms with Gasteiger partial charge in [-0.25, -0.2) is 0 Å². The Morgan fingerprint density at radius 2 is 1.50 bits per heavy atom. The van der Waals surface area contributed by atoms with Crippen molar-refractivity contribution in [3.05, 3.63) is 0 Å². The molecule has 0 aliphatic heterocycles. The summed E-state index contributed by atoms with van der Waals surface area (Å²) in [5.74, 6) is 1.04. The molecular weight excluding hydrogens is 307 g/mol. The molecule has 0 amide bonds.